The number of allylic oxidation sites excluding steroid dienone is 1. The predicted octanol–water partition coefficient (Wildman–Crippen LogP) is 4.47. The van der Waals surface area contributed by atoms with E-state index in [2.05, 4.69) is 52.8 Å². The van der Waals surface area contributed by atoms with Crippen LogP contribution in [0.1, 0.15) is 13.3 Å². The number of ether oxygens (including phenoxy) is 1. The quantitative estimate of drug-likeness (QED) is 0.393. The molecule has 0 aliphatic rings. The van der Waals surface area contributed by atoms with E-state index in [1.165, 1.54) is 0 Å². The van der Waals surface area contributed by atoms with Crippen molar-refractivity contribution in [1.29, 1.82) is 0 Å². The normalized spacial score (nSPS) is 13.8. The molecule has 0 atom stereocenters. The summed E-state index contributed by atoms with van der Waals surface area (Å²) in [4.78, 5) is 0. The molecule has 0 bridgehead atoms. The first-order valence-electron chi connectivity index (χ1n) is 6.34. The van der Waals surface area contributed by atoms with Crippen LogP contribution in [0.2, 0.25) is 39.3 Å². The van der Waals surface area contributed by atoms with Crippen molar-refractivity contribution in [3.8, 4) is 0 Å². The Morgan fingerprint density at radius 1 is 0.944 bits per heavy atom. The van der Waals surface area contributed by atoms with E-state index >= 15 is 0 Å². The molecular weight excluding hydrogens is 260 g/mol. The Hall–Kier alpha value is -0.686. The van der Waals surface area contributed by atoms with E-state index in [9.17, 15) is 0 Å². The summed E-state index contributed by atoms with van der Waals surface area (Å²) < 4.78 is 17.3. The molecule has 5 heteroatoms. The van der Waals surface area contributed by atoms with Crippen LogP contribution in [-0.4, -0.2) is 23.7 Å². The van der Waals surface area contributed by atoms with Crippen molar-refractivity contribution in [1.82, 2.24) is 0 Å². The third-order valence-corrected chi connectivity index (χ3v) is 3.61. The molecule has 0 aromatic heterocycles. The summed E-state index contributed by atoms with van der Waals surface area (Å²) in [6.45, 7) is 18.9. The van der Waals surface area contributed by atoms with Crippen molar-refractivity contribution in [2.45, 2.75) is 52.6 Å². The number of hydrogen-bond donors (Lipinski definition) is 0. The number of hydrogen-bond acceptors (Lipinski definition) is 3. The lowest BCUT2D eigenvalue weighted by Crippen LogP contribution is -2.28. The van der Waals surface area contributed by atoms with Gasteiger partial charge in [0.15, 0.2) is 0 Å². The van der Waals surface area contributed by atoms with E-state index in [4.69, 9.17) is 13.6 Å². The van der Waals surface area contributed by atoms with Crippen LogP contribution in [0, 0.1) is 0 Å². The zero-order valence-electron chi connectivity index (χ0n) is 13.1. The van der Waals surface area contributed by atoms with Crippen molar-refractivity contribution < 1.29 is 13.6 Å². The molecule has 0 saturated carbocycles. The van der Waals surface area contributed by atoms with E-state index in [-0.39, 0.29) is 0 Å². The van der Waals surface area contributed by atoms with Crippen LogP contribution < -0.4 is 0 Å². The van der Waals surface area contributed by atoms with Gasteiger partial charge in [0.1, 0.15) is 5.76 Å². The Bertz CT molecular complexity index is 322. The third kappa shape index (κ3) is 6.91. The highest BCUT2D eigenvalue weighted by atomic mass is 28.4. The molecule has 18 heavy (non-hydrogen) atoms. The molecule has 0 aliphatic heterocycles. The topological polar surface area (TPSA) is 27.7 Å². The minimum atomic E-state index is -1.69. The first kappa shape index (κ1) is 17.3. The van der Waals surface area contributed by atoms with Gasteiger partial charge in [0, 0.05) is 0 Å². The molecule has 106 valence electrons. The standard InChI is InChI=1S/C13H28O3Si2/c1-10-12(11(2)15-17(4,5)6)13(14-3)16-18(7,8)9/h2,10H2,1,3-9H3/b13-12+. The van der Waals surface area contributed by atoms with Crippen LogP contribution >= 0.6 is 0 Å². The smallest absolute Gasteiger partial charge is 0.272 e. The zero-order chi connectivity index (χ0) is 14.6. The van der Waals surface area contributed by atoms with Gasteiger partial charge in [-0.05, 0) is 45.7 Å². The van der Waals surface area contributed by atoms with E-state index < -0.39 is 16.6 Å². The van der Waals surface area contributed by atoms with Gasteiger partial charge in [-0.15, -0.1) is 0 Å². The van der Waals surface area contributed by atoms with Crippen LogP contribution in [0.15, 0.2) is 23.9 Å². The molecule has 0 aliphatic carbocycles. The molecule has 0 rings (SSSR count). The summed E-state index contributed by atoms with van der Waals surface area (Å²) in [5, 5.41) is 0. The van der Waals surface area contributed by atoms with Gasteiger partial charge in [-0.25, -0.2) is 0 Å². The van der Waals surface area contributed by atoms with Crippen LogP contribution in [-0.2, 0) is 13.6 Å². The fourth-order valence-corrected chi connectivity index (χ4v) is 3.02. The van der Waals surface area contributed by atoms with Gasteiger partial charge in [0.2, 0.25) is 16.6 Å². The second kappa shape index (κ2) is 6.47. The highest BCUT2D eigenvalue weighted by Crippen LogP contribution is 2.25. The van der Waals surface area contributed by atoms with Gasteiger partial charge in [-0.3, -0.25) is 0 Å². The molecule has 0 unspecified atom stereocenters. The molecule has 0 radical (unpaired) electrons. The molecule has 0 saturated heterocycles. The minimum Gasteiger partial charge on any atom is -0.544 e. The second-order valence-electron chi connectivity index (χ2n) is 6.18. The Morgan fingerprint density at radius 3 is 1.67 bits per heavy atom. The maximum Gasteiger partial charge on any atom is 0.272 e. The van der Waals surface area contributed by atoms with Gasteiger partial charge < -0.3 is 13.6 Å². The predicted molar refractivity (Wildman–Crippen MR) is 82.3 cm³/mol. The number of methoxy groups -OCH3 is 1. The van der Waals surface area contributed by atoms with Crippen LogP contribution in [0.4, 0.5) is 0 Å². The molecule has 0 heterocycles. The van der Waals surface area contributed by atoms with E-state index in [0.717, 1.165) is 12.0 Å². The highest BCUT2D eigenvalue weighted by Gasteiger charge is 2.24. The first-order chi connectivity index (χ1) is 8.00. The summed E-state index contributed by atoms with van der Waals surface area (Å²) in [7, 11) is -1.71. The highest BCUT2D eigenvalue weighted by molar-refractivity contribution is 6.70. The largest absolute Gasteiger partial charge is 0.544 e. The average Bonchev–Trinajstić information content (AvgIpc) is 2.12. The zero-order valence-corrected chi connectivity index (χ0v) is 15.1. The summed E-state index contributed by atoms with van der Waals surface area (Å²) in [5.74, 6) is 1.26. The van der Waals surface area contributed by atoms with Crippen LogP contribution in [0.5, 0.6) is 0 Å². The Balaban J connectivity index is 5.16. The van der Waals surface area contributed by atoms with Gasteiger partial charge in [0.05, 0.1) is 12.7 Å². The number of rotatable bonds is 7. The average molecular weight is 289 g/mol. The Morgan fingerprint density at radius 2 is 1.39 bits per heavy atom. The lowest BCUT2D eigenvalue weighted by atomic mass is 10.2. The van der Waals surface area contributed by atoms with Crippen molar-refractivity contribution in [3.05, 3.63) is 23.9 Å². The van der Waals surface area contributed by atoms with Gasteiger partial charge in [0.25, 0.3) is 5.95 Å². The molecule has 3 nitrogen and oxygen atoms in total. The molecular formula is C13H28O3Si2. The maximum atomic E-state index is 5.95. The summed E-state index contributed by atoms with van der Waals surface area (Å²) in [5.41, 5.74) is 0.933. The Labute approximate surface area is 114 Å². The third-order valence-electron chi connectivity index (χ3n) is 1.95. The molecule has 0 N–H and O–H groups in total. The molecule has 0 amide bonds. The monoisotopic (exact) mass is 288 g/mol. The molecule has 0 spiro atoms. The molecule has 0 aromatic rings. The van der Waals surface area contributed by atoms with Gasteiger partial charge in [-0.1, -0.05) is 13.5 Å². The summed E-state index contributed by atoms with van der Waals surface area (Å²) in [6, 6.07) is 0. The van der Waals surface area contributed by atoms with E-state index in [1.807, 2.05) is 0 Å². The second-order valence-corrected chi connectivity index (χ2v) is 15.0. The fourth-order valence-electron chi connectivity index (χ4n) is 1.39. The summed E-state index contributed by atoms with van der Waals surface area (Å²) in [6.07, 6.45) is 0.789. The fraction of sp³-hybridized carbons (Fsp3) is 0.692. The van der Waals surface area contributed by atoms with Crippen molar-refractivity contribution in [2.75, 3.05) is 7.11 Å². The van der Waals surface area contributed by atoms with E-state index in [0.29, 0.717) is 11.7 Å². The van der Waals surface area contributed by atoms with E-state index in [1.54, 1.807) is 7.11 Å². The van der Waals surface area contributed by atoms with Crippen LogP contribution in [0.3, 0.4) is 0 Å². The van der Waals surface area contributed by atoms with Crippen molar-refractivity contribution >= 4 is 16.6 Å². The SMILES string of the molecule is C=C(O[Si](C)(C)C)/C(CC)=C(\OC)O[Si](C)(C)C. The van der Waals surface area contributed by atoms with Crippen LogP contribution in [0.25, 0.3) is 0 Å². The van der Waals surface area contributed by atoms with Crippen molar-refractivity contribution in [2.24, 2.45) is 0 Å². The van der Waals surface area contributed by atoms with Gasteiger partial charge in [-0.2, -0.15) is 0 Å². The minimum absolute atomic E-state index is 0.569. The lowest BCUT2D eigenvalue weighted by Gasteiger charge is -2.26. The lowest BCUT2D eigenvalue weighted by molar-refractivity contribution is 0.139. The maximum absolute atomic E-state index is 5.95. The molecule has 0 fully saturated rings. The Kier molecular flexibility index (Phi) is 6.22. The first-order valence-corrected chi connectivity index (χ1v) is 13.2. The summed E-state index contributed by atoms with van der Waals surface area (Å²) >= 11 is 0. The van der Waals surface area contributed by atoms with Gasteiger partial charge >= 0.3 is 0 Å². The molecule has 0 aromatic carbocycles. The van der Waals surface area contributed by atoms with Crippen molar-refractivity contribution in [3.63, 3.8) is 0 Å².